The first kappa shape index (κ1) is 34.4. The lowest BCUT2D eigenvalue weighted by atomic mass is 9.81. The number of fused-ring (bicyclic) bond motifs is 9. The Morgan fingerprint density at radius 2 is 1.00 bits per heavy atom. The maximum Gasteiger partial charge on any atom is 0.143 e. The predicted octanol–water partition coefficient (Wildman–Crippen LogP) is 15.8. The molecule has 11 aromatic rings. The second kappa shape index (κ2) is 13.2. The lowest BCUT2D eigenvalue weighted by Gasteiger charge is -2.32. The predicted molar refractivity (Wildman–Crippen MR) is 251 cm³/mol. The Bertz CT molecular complexity index is 3440. The fraction of sp³-hybridized carbons (Fsp3) is 0.0526. The smallest absolute Gasteiger partial charge is 0.143 e. The van der Waals surface area contributed by atoms with Crippen molar-refractivity contribution in [1.82, 2.24) is 4.57 Å². The number of furan rings is 1. The van der Waals surface area contributed by atoms with E-state index in [9.17, 15) is 0 Å². The van der Waals surface area contributed by atoms with E-state index in [1.807, 2.05) is 12.1 Å². The van der Waals surface area contributed by atoms with Crippen LogP contribution in [0.5, 0.6) is 0 Å². The van der Waals surface area contributed by atoms with Crippen molar-refractivity contribution in [2.45, 2.75) is 19.3 Å². The molecule has 0 atom stereocenters. The largest absolute Gasteiger partial charge is 0.455 e. The Hall–Kier alpha value is -7.62. The first-order chi connectivity index (χ1) is 29.5. The molecule has 1 aliphatic rings. The molecule has 0 saturated carbocycles. The third-order valence-corrected chi connectivity index (χ3v) is 12.8. The lowest BCUT2D eigenvalue weighted by Crippen LogP contribution is -2.20. The molecule has 3 heteroatoms. The number of nitrogens with zero attached hydrogens (tertiary/aromatic N) is 2. The molecule has 0 N–H and O–H groups in total. The van der Waals surface area contributed by atoms with Crippen LogP contribution in [-0.4, -0.2) is 4.57 Å². The molecule has 9 aromatic carbocycles. The minimum absolute atomic E-state index is 0.194. The molecule has 0 unspecified atom stereocenters. The fourth-order valence-electron chi connectivity index (χ4n) is 10.1. The van der Waals surface area contributed by atoms with Gasteiger partial charge in [-0.15, -0.1) is 0 Å². The van der Waals surface area contributed by atoms with Gasteiger partial charge in [0.1, 0.15) is 11.2 Å². The van der Waals surface area contributed by atoms with Gasteiger partial charge in [-0.3, -0.25) is 0 Å². The minimum Gasteiger partial charge on any atom is -0.455 e. The quantitative estimate of drug-likeness (QED) is 0.168. The molecule has 0 aliphatic heterocycles. The molecular weight excluding hydrogens is 729 g/mol. The summed E-state index contributed by atoms with van der Waals surface area (Å²) in [5.74, 6) is 0. The van der Waals surface area contributed by atoms with E-state index in [0.29, 0.717) is 0 Å². The van der Waals surface area contributed by atoms with Gasteiger partial charge in [-0.2, -0.15) is 0 Å². The summed E-state index contributed by atoms with van der Waals surface area (Å²) in [6, 6.07) is 74.8. The van der Waals surface area contributed by atoms with Gasteiger partial charge < -0.3 is 13.9 Å². The average Bonchev–Trinajstić information content (AvgIpc) is 3.93. The van der Waals surface area contributed by atoms with E-state index in [2.05, 4.69) is 217 Å². The van der Waals surface area contributed by atoms with Gasteiger partial charge in [-0.1, -0.05) is 159 Å². The summed E-state index contributed by atoms with van der Waals surface area (Å²) < 4.78 is 8.86. The van der Waals surface area contributed by atoms with E-state index in [-0.39, 0.29) is 5.41 Å². The summed E-state index contributed by atoms with van der Waals surface area (Å²) in [6.45, 7) is 4.73. The highest BCUT2D eigenvalue weighted by molar-refractivity contribution is 6.16. The molecule has 3 nitrogen and oxygen atoms in total. The molecule has 2 heterocycles. The molecule has 12 rings (SSSR count). The standard InChI is InChI=1S/C57H40N2O/c1-57(2)49-24-9-6-17-44(49)46-22-14-27-52(55(46)57)58(41-35-31-38(32-36-41)43-21-12-23-47-45-18-8-11-28-53(45)60-56(43)47)40-33-29-37(30-34-40)42-20-13-26-51-54(42)48-19-7-10-25-50(48)59(51)39-15-4-3-5-16-39/h3-36H,1-2H3. The number of rotatable bonds is 6. The molecule has 0 radical (unpaired) electrons. The van der Waals surface area contributed by atoms with Gasteiger partial charge in [0.2, 0.25) is 0 Å². The van der Waals surface area contributed by atoms with Gasteiger partial charge in [-0.05, 0) is 99.6 Å². The summed E-state index contributed by atoms with van der Waals surface area (Å²) in [6.07, 6.45) is 0. The van der Waals surface area contributed by atoms with Crippen LogP contribution in [0, 0.1) is 0 Å². The molecule has 0 saturated heterocycles. The average molecular weight is 769 g/mol. The zero-order valence-electron chi connectivity index (χ0n) is 33.4. The summed E-state index contributed by atoms with van der Waals surface area (Å²) >= 11 is 0. The Kier molecular flexibility index (Phi) is 7.58. The van der Waals surface area contributed by atoms with Crippen LogP contribution in [0.2, 0.25) is 0 Å². The van der Waals surface area contributed by atoms with Gasteiger partial charge in [0.25, 0.3) is 0 Å². The summed E-state index contributed by atoms with van der Waals surface area (Å²) in [5, 5.41) is 4.78. The van der Waals surface area contributed by atoms with Gasteiger partial charge in [-0.25, -0.2) is 0 Å². The Balaban J connectivity index is 1.01. The Labute approximate surface area is 349 Å². The van der Waals surface area contributed by atoms with Gasteiger partial charge in [0, 0.05) is 49.6 Å². The van der Waals surface area contributed by atoms with Crippen molar-refractivity contribution in [3.63, 3.8) is 0 Å². The van der Waals surface area contributed by atoms with E-state index in [0.717, 1.165) is 50.1 Å². The van der Waals surface area contributed by atoms with Crippen LogP contribution in [0.4, 0.5) is 17.1 Å². The maximum atomic E-state index is 6.47. The maximum absolute atomic E-state index is 6.47. The summed E-state index contributed by atoms with van der Waals surface area (Å²) in [7, 11) is 0. The normalized spacial score (nSPS) is 13.0. The van der Waals surface area contributed by atoms with Crippen molar-refractivity contribution in [3.8, 4) is 39.1 Å². The van der Waals surface area contributed by atoms with Crippen LogP contribution in [0.15, 0.2) is 211 Å². The minimum atomic E-state index is -0.194. The number of anilines is 3. The summed E-state index contributed by atoms with van der Waals surface area (Å²) in [4.78, 5) is 2.45. The van der Waals surface area contributed by atoms with E-state index in [4.69, 9.17) is 4.42 Å². The van der Waals surface area contributed by atoms with Crippen LogP contribution < -0.4 is 4.90 Å². The van der Waals surface area contributed by atoms with E-state index < -0.39 is 0 Å². The van der Waals surface area contributed by atoms with Crippen molar-refractivity contribution in [3.05, 3.63) is 217 Å². The van der Waals surface area contributed by atoms with Crippen molar-refractivity contribution in [2.24, 2.45) is 0 Å². The molecule has 0 spiro atoms. The second-order valence-corrected chi connectivity index (χ2v) is 16.5. The van der Waals surface area contributed by atoms with Crippen molar-refractivity contribution in [2.75, 3.05) is 4.90 Å². The topological polar surface area (TPSA) is 21.3 Å². The number of aromatic nitrogens is 1. The van der Waals surface area contributed by atoms with Crippen LogP contribution in [-0.2, 0) is 5.41 Å². The number of hydrogen-bond donors (Lipinski definition) is 0. The number of benzene rings is 9. The second-order valence-electron chi connectivity index (χ2n) is 16.5. The van der Waals surface area contributed by atoms with Crippen LogP contribution >= 0.6 is 0 Å². The fourth-order valence-corrected chi connectivity index (χ4v) is 10.1. The van der Waals surface area contributed by atoms with E-state index in [1.54, 1.807) is 0 Å². The zero-order chi connectivity index (χ0) is 40.0. The zero-order valence-corrected chi connectivity index (χ0v) is 33.4. The molecule has 284 valence electrons. The summed E-state index contributed by atoms with van der Waals surface area (Å²) in [5.41, 5.74) is 18.5. The number of para-hydroxylation sites is 4. The molecule has 0 bridgehead atoms. The van der Waals surface area contributed by atoms with Crippen molar-refractivity contribution in [1.29, 1.82) is 0 Å². The number of hydrogen-bond acceptors (Lipinski definition) is 2. The van der Waals surface area contributed by atoms with Gasteiger partial charge >= 0.3 is 0 Å². The van der Waals surface area contributed by atoms with Crippen molar-refractivity contribution < 1.29 is 4.42 Å². The van der Waals surface area contributed by atoms with Crippen LogP contribution in [0.1, 0.15) is 25.0 Å². The molecule has 2 aromatic heterocycles. The first-order valence-electron chi connectivity index (χ1n) is 20.8. The van der Waals surface area contributed by atoms with Crippen molar-refractivity contribution >= 4 is 60.8 Å². The highest BCUT2D eigenvalue weighted by Crippen LogP contribution is 2.54. The molecular formula is C57H40N2O. The highest BCUT2D eigenvalue weighted by Gasteiger charge is 2.38. The lowest BCUT2D eigenvalue weighted by molar-refractivity contribution is 0.661. The Morgan fingerprint density at radius 3 is 1.80 bits per heavy atom. The third-order valence-electron chi connectivity index (χ3n) is 12.8. The molecule has 0 fully saturated rings. The molecule has 60 heavy (non-hydrogen) atoms. The van der Waals surface area contributed by atoms with E-state index >= 15 is 0 Å². The van der Waals surface area contributed by atoms with Crippen LogP contribution in [0.3, 0.4) is 0 Å². The monoisotopic (exact) mass is 768 g/mol. The Morgan fingerprint density at radius 1 is 0.433 bits per heavy atom. The van der Waals surface area contributed by atoms with Crippen LogP contribution in [0.25, 0.3) is 82.8 Å². The SMILES string of the molecule is CC1(C)c2ccccc2-c2cccc(N(c3ccc(-c4cccc5c4oc4ccccc45)cc3)c3ccc(-c4cccc5c4c4ccccc4n5-c4ccccc4)cc3)c21. The van der Waals surface area contributed by atoms with E-state index in [1.165, 1.54) is 60.9 Å². The van der Waals surface area contributed by atoms with Gasteiger partial charge in [0.05, 0.1) is 16.7 Å². The molecule has 1 aliphatic carbocycles. The highest BCUT2D eigenvalue weighted by atomic mass is 16.3. The molecule has 0 amide bonds. The van der Waals surface area contributed by atoms with Gasteiger partial charge in [0.15, 0.2) is 0 Å². The first-order valence-corrected chi connectivity index (χ1v) is 20.8. The third kappa shape index (κ3) is 5.09.